The molecule has 0 saturated heterocycles. The smallest absolute Gasteiger partial charge is 0.122 e. The first-order valence-electron chi connectivity index (χ1n) is 7.16. The van der Waals surface area contributed by atoms with Crippen LogP contribution in [0, 0.1) is 6.92 Å². The lowest BCUT2D eigenvalue weighted by molar-refractivity contribution is 0.104. The van der Waals surface area contributed by atoms with Gasteiger partial charge in [-0.05, 0) is 43.2 Å². The summed E-state index contributed by atoms with van der Waals surface area (Å²) in [5.74, 6) is 0.818. The number of hydrogen-bond acceptors (Lipinski definition) is 4. The van der Waals surface area contributed by atoms with Crippen molar-refractivity contribution >= 4 is 0 Å². The summed E-state index contributed by atoms with van der Waals surface area (Å²) < 4.78 is 5.64. The highest BCUT2D eigenvalue weighted by molar-refractivity contribution is 5.31. The molecule has 1 heterocycles. The van der Waals surface area contributed by atoms with Crippen LogP contribution in [-0.2, 0) is 0 Å². The maximum absolute atomic E-state index is 10.00. The second-order valence-electron chi connectivity index (χ2n) is 5.14. The molecular weight excluding hydrogens is 264 g/mol. The quantitative estimate of drug-likeness (QED) is 0.821. The van der Waals surface area contributed by atoms with E-state index in [4.69, 9.17) is 4.74 Å². The van der Waals surface area contributed by atoms with E-state index in [0.717, 1.165) is 16.9 Å². The Hall–Kier alpha value is -1.91. The van der Waals surface area contributed by atoms with E-state index in [1.807, 2.05) is 43.3 Å². The minimum absolute atomic E-state index is 0.168. The minimum Gasteiger partial charge on any atom is -0.491 e. The first-order valence-corrected chi connectivity index (χ1v) is 7.16. The van der Waals surface area contributed by atoms with E-state index in [-0.39, 0.29) is 12.6 Å². The number of aliphatic hydroxyl groups excluding tert-OH is 1. The van der Waals surface area contributed by atoms with E-state index in [2.05, 4.69) is 17.2 Å². The molecule has 0 fully saturated rings. The summed E-state index contributed by atoms with van der Waals surface area (Å²) in [6, 6.07) is 11.9. The van der Waals surface area contributed by atoms with Gasteiger partial charge in [-0.25, -0.2) is 0 Å². The fourth-order valence-corrected chi connectivity index (χ4v) is 2.05. The third-order valence-electron chi connectivity index (χ3n) is 3.39. The van der Waals surface area contributed by atoms with Gasteiger partial charge < -0.3 is 15.2 Å². The van der Waals surface area contributed by atoms with Crippen molar-refractivity contribution in [3.63, 3.8) is 0 Å². The molecule has 4 heteroatoms. The molecule has 112 valence electrons. The Bertz CT molecular complexity index is 545. The molecule has 0 radical (unpaired) electrons. The zero-order chi connectivity index (χ0) is 15.1. The van der Waals surface area contributed by atoms with E-state index in [0.29, 0.717) is 6.54 Å². The maximum Gasteiger partial charge on any atom is 0.122 e. The molecule has 1 aromatic carbocycles. The fraction of sp³-hybridized carbons (Fsp3) is 0.353. The summed E-state index contributed by atoms with van der Waals surface area (Å²) in [5.41, 5.74) is 2.22. The summed E-state index contributed by atoms with van der Waals surface area (Å²) >= 11 is 0. The van der Waals surface area contributed by atoms with Gasteiger partial charge in [0.2, 0.25) is 0 Å². The average Bonchev–Trinajstić information content (AvgIpc) is 2.52. The van der Waals surface area contributed by atoms with Crippen LogP contribution in [0.2, 0.25) is 0 Å². The van der Waals surface area contributed by atoms with Crippen molar-refractivity contribution in [2.75, 3.05) is 13.2 Å². The van der Waals surface area contributed by atoms with Gasteiger partial charge in [-0.3, -0.25) is 4.98 Å². The second-order valence-corrected chi connectivity index (χ2v) is 5.14. The molecule has 0 aliphatic heterocycles. The lowest BCUT2D eigenvalue weighted by Gasteiger charge is -2.18. The van der Waals surface area contributed by atoms with Crippen molar-refractivity contribution in [2.45, 2.75) is 26.0 Å². The van der Waals surface area contributed by atoms with Crippen LogP contribution in [0.5, 0.6) is 5.75 Å². The molecule has 1 aromatic heterocycles. The zero-order valence-electron chi connectivity index (χ0n) is 12.5. The van der Waals surface area contributed by atoms with Crippen molar-refractivity contribution in [3.8, 4) is 5.75 Å². The van der Waals surface area contributed by atoms with Gasteiger partial charge in [0.15, 0.2) is 0 Å². The van der Waals surface area contributed by atoms with Crippen molar-refractivity contribution in [1.29, 1.82) is 0 Å². The number of nitrogens with zero attached hydrogens (tertiary/aromatic N) is 1. The second kappa shape index (κ2) is 7.76. The number of rotatable bonds is 7. The predicted octanol–water partition coefficient (Wildman–Crippen LogP) is 2.48. The van der Waals surface area contributed by atoms with E-state index >= 15 is 0 Å². The van der Waals surface area contributed by atoms with Crippen molar-refractivity contribution in [3.05, 3.63) is 59.9 Å². The highest BCUT2D eigenvalue weighted by Gasteiger charge is 2.10. The number of aromatic nitrogens is 1. The number of benzene rings is 1. The van der Waals surface area contributed by atoms with Gasteiger partial charge in [-0.2, -0.15) is 0 Å². The molecule has 4 nitrogen and oxygen atoms in total. The Morgan fingerprint density at radius 3 is 2.62 bits per heavy atom. The number of nitrogens with one attached hydrogen (secondary N) is 1. The SMILES string of the molecule is Cc1ccccc1OCC(O)CN[C@@H](C)c1ccncc1. The fourth-order valence-electron chi connectivity index (χ4n) is 2.05. The van der Waals surface area contributed by atoms with Crippen LogP contribution >= 0.6 is 0 Å². The summed E-state index contributed by atoms with van der Waals surface area (Å²) in [4.78, 5) is 4.00. The standard InChI is InChI=1S/C17H22N2O2/c1-13-5-3-4-6-17(13)21-12-16(20)11-19-14(2)15-7-9-18-10-8-15/h3-10,14,16,19-20H,11-12H2,1-2H3/t14-,16?/m0/s1. The molecule has 0 saturated carbocycles. The van der Waals surface area contributed by atoms with Crippen LogP contribution in [0.15, 0.2) is 48.8 Å². The molecule has 0 amide bonds. The molecule has 2 rings (SSSR count). The highest BCUT2D eigenvalue weighted by Crippen LogP contribution is 2.16. The first kappa shape index (κ1) is 15.5. The molecule has 2 atom stereocenters. The molecule has 21 heavy (non-hydrogen) atoms. The lowest BCUT2D eigenvalue weighted by atomic mass is 10.1. The van der Waals surface area contributed by atoms with E-state index in [9.17, 15) is 5.11 Å². The van der Waals surface area contributed by atoms with Gasteiger partial charge in [0, 0.05) is 25.0 Å². The molecule has 0 aliphatic carbocycles. The van der Waals surface area contributed by atoms with Crippen molar-refractivity contribution < 1.29 is 9.84 Å². The molecule has 0 spiro atoms. The Balaban J connectivity index is 1.75. The zero-order valence-corrected chi connectivity index (χ0v) is 12.5. The third-order valence-corrected chi connectivity index (χ3v) is 3.39. The van der Waals surface area contributed by atoms with Crippen LogP contribution in [-0.4, -0.2) is 29.3 Å². The third kappa shape index (κ3) is 4.85. The van der Waals surface area contributed by atoms with Gasteiger partial charge in [0.1, 0.15) is 18.5 Å². The van der Waals surface area contributed by atoms with Crippen LogP contribution in [0.25, 0.3) is 0 Å². The van der Waals surface area contributed by atoms with Crippen LogP contribution < -0.4 is 10.1 Å². The van der Waals surface area contributed by atoms with Crippen molar-refractivity contribution in [2.24, 2.45) is 0 Å². The highest BCUT2D eigenvalue weighted by atomic mass is 16.5. The number of ether oxygens (including phenoxy) is 1. The predicted molar refractivity (Wildman–Crippen MR) is 83.3 cm³/mol. The summed E-state index contributed by atoms with van der Waals surface area (Å²) in [6.45, 7) is 4.81. The normalized spacial score (nSPS) is 13.7. The molecule has 0 aliphatic rings. The summed E-state index contributed by atoms with van der Waals surface area (Å²) in [5, 5.41) is 13.3. The molecular formula is C17H22N2O2. The Kier molecular flexibility index (Phi) is 5.72. The number of hydrogen-bond donors (Lipinski definition) is 2. The van der Waals surface area contributed by atoms with Gasteiger partial charge in [-0.1, -0.05) is 18.2 Å². The monoisotopic (exact) mass is 286 g/mol. The molecule has 2 N–H and O–H groups in total. The van der Waals surface area contributed by atoms with E-state index < -0.39 is 6.10 Å². The number of pyridine rings is 1. The van der Waals surface area contributed by atoms with E-state index in [1.54, 1.807) is 12.4 Å². The number of aliphatic hydroxyl groups is 1. The van der Waals surface area contributed by atoms with Crippen LogP contribution in [0.4, 0.5) is 0 Å². The van der Waals surface area contributed by atoms with Gasteiger partial charge in [-0.15, -0.1) is 0 Å². The molecule has 2 aromatic rings. The topological polar surface area (TPSA) is 54.4 Å². The minimum atomic E-state index is -0.547. The molecule has 0 bridgehead atoms. The number of para-hydroxylation sites is 1. The first-order chi connectivity index (χ1) is 10.2. The van der Waals surface area contributed by atoms with Gasteiger partial charge >= 0.3 is 0 Å². The number of aryl methyl sites for hydroxylation is 1. The maximum atomic E-state index is 10.00. The Labute approximate surface area is 125 Å². The largest absolute Gasteiger partial charge is 0.491 e. The van der Waals surface area contributed by atoms with Crippen LogP contribution in [0.3, 0.4) is 0 Å². The average molecular weight is 286 g/mol. The Morgan fingerprint density at radius 1 is 1.19 bits per heavy atom. The van der Waals surface area contributed by atoms with Gasteiger partial charge in [0.25, 0.3) is 0 Å². The summed E-state index contributed by atoms with van der Waals surface area (Å²) in [6.07, 6.45) is 2.99. The Morgan fingerprint density at radius 2 is 1.90 bits per heavy atom. The van der Waals surface area contributed by atoms with Gasteiger partial charge in [0.05, 0.1) is 0 Å². The summed E-state index contributed by atoms with van der Waals surface area (Å²) in [7, 11) is 0. The lowest BCUT2D eigenvalue weighted by Crippen LogP contribution is -2.33. The van der Waals surface area contributed by atoms with Crippen molar-refractivity contribution in [1.82, 2.24) is 10.3 Å². The van der Waals surface area contributed by atoms with Crippen LogP contribution in [0.1, 0.15) is 24.1 Å². The van der Waals surface area contributed by atoms with E-state index in [1.165, 1.54) is 0 Å². The molecule has 1 unspecified atom stereocenters.